The molecule has 0 bridgehead atoms. The minimum absolute atomic E-state index is 0.156. The molecule has 0 unspecified atom stereocenters. The molecular formula is C25H28BrF2N7. The maximum Gasteiger partial charge on any atom is 0.251 e. The topological polar surface area (TPSA) is 63.0 Å². The number of tetrazole rings is 1. The van der Waals surface area contributed by atoms with Gasteiger partial charge in [0.25, 0.3) is 5.92 Å². The number of rotatable bonds is 4. The van der Waals surface area contributed by atoms with Gasteiger partial charge >= 0.3 is 0 Å². The largest absolute Gasteiger partial charge is 0.370 e. The first-order chi connectivity index (χ1) is 16.8. The van der Waals surface area contributed by atoms with E-state index in [9.17, 15) is 8.78 Å². The average Bonchev–Trinajstić information content (AvgIpc) is 3.39. The van der Waals surface area contributed by atoms with E-state index >= 15 is 0 Å². The molecule has 1 aliphatic carbocycles. The minimum Gasteiger partial charge on any atom is -0.370 e. The van der Waals surface area contributed by atoms with Crippen LogP contribution in [0.1, 0.15) is 44.2 Å². The van der Waals surface area contributed by atoms with E-state index in [1.54, 1.807) is 4.80 Å². The number of piperidine rings is 2. The zero-order valence-corrected chi connectivity index (χ0v) is 21.3. The summed E-state index contributed by atoms with van der Waals surface area (Å²) >= 11 is 3.62. The average molecular weight is 544 g/mol. The maximum absolute atomic E-state index is 13.6. The van der Waals surface area contributed by atoms with Crippen LogP contribution in [0.2, 0.25) is 0 Å². The van der Waals surface area contributed by atoms with Crippen molar-refractivity contribution in [3.8, 4) is 17.1 Å². The molecule has 0 amide bonds. The number of benzene rings is 1. The zero-order chi connectivity index (χ0) is 24.2. The minimum atomic E-state index is -2.59. The van der Waals surface area contributed by atoms with Crippen molar-refractivity contribution < 1.29 is 8.78 Å². The summed E-state index contributed by atoms with van der Waals surface area (Å²) in [6.07, 6.45) is 4.89. The summed E-state index contributed by atoms with van der Waals surface area (Å²) in [5.74, 6) is -1.43. The molecule has 0 atom stereocenters. The molecule has 3 aliphatic rings. The molecule has 2 saturated heterocycles. The molecule has 1 saturated carbocycles. The van der Waals surface area contributed by atoms with E-state index in [2.05, 4.69) is 42.2 Å². The number of alkyl halides is 2. The second kappa shape index (κ2) is 8.50. The van der Waals surface area contributed by atoms with Gasteiger partial charge in [-0.25, -0.2) is 13.8 Å². The first-order valence-electron chi connectivity index (χ1n) is 12.3. The van der Waals surface area contributed by atoms with E-state index in [1.165, 1.54) is 25.7 Å². The summed E-state index contributed by atoms with van der Waals surface area (Å²) in [7, 11) is 0. The van der Waals surface area contributed by atoms with Crippen LogP contribution in [-0.2, 0) is 0 Å². The van der Waals surface area contributed by atoms with Crippen LogP contribution in [0.3, 0.4) is 0 Å². The van der Waals surface area contributed by atoms with Gasteiger partial charge in [-0.2, -0.15) is 0 Å². The van der Waals surface area contributed by atoms with Gasteiger partial charge in [0.05, 0.1) is 5.69 Å². The Morgan fingerprint density at radius 3 is 2.29 bits per heavy atom. The molecule has 2 aromatic heterocycles. The van der Waals surface area contributed by atoms with Crippen molar-refractivity contribution in [1.29, 1.82) is 0 Å². The van der Waals surface area contributed by atoms with Gasteiger partial charge in [-0.3, -0.25) is 0 Å². The number of pyridine rings is 1. The third-order valence-corrected chi connectivity index (χ3v) is 8.20. The van der Waals surface area contributed by atoms with Crippen molar-refractivity contribution in [2.24, 2.45) is 5.41 Å². The molecule has 10 heteroatoms. The number of hydrogen-bond donors (Lipinski definition) is 0. The fourth-order valence-electron chi connectivity index (χ4n) is 5.25. The van der Waals surface area contributed by atoms with Gasteiger partial charge in [-0.05, 0) is 73.6 Å². The van der Waals surface area contributed by atoms with Crippen LogP contribution in [0, 0.1) is 12.3 Å². The van der Waals surface area contributed by atoms with Crippen molar-refractivity contribution >= 4 is 27.4 Å². The Morgan fingerprint density at radius 1 is 0.857 bits per heavy atom. The van der Waals surface area contributed by atoms with Crippen LogP contribution in [0.15, 0.2) is 34.8 Å². The third-order valence-electron chi connectivity index (χ3n) is 7.71. The molecule has 0 N–H and O–H groups in total. The summed E-state index contributed by atoms with van der Waals surface area (Å²) in [5.41, 5.74) is 4.16. The van der Waals surface area contributed by atoms with Gasteiger partial charge in [0, 0.05) is 54.8 Å². The lowest BCUT2D eigenvalue weighted by atomic mass is 9.93. The number of aromatic nitrogens is 5. The standard InChI is InChI=1S/C25H28BrF2N7/c1-17-14-18(15-22(29-17)34-12-8-25(27,28)9-13-34)23-30-32-35(31-23)20-3-2-19(26)16-21(20)33-10-6-24(4-5-24)7-11-33/h2-3,14-16H,4-13H2,1H3. The van der Waals surface area contributed by atoms with E-state index in [1.807, 2.05) is 36.1 Å². The highest BCUT2D eigenvalue weighted by atomic mass is 79.9. The second-order valence-corrected chi connectivity index (χ2v) is 11.1. The number of aryl methyl sites for hydroxylation is 1. The molecule has 1 spiro atoms. The van der Waals surface area contributed by atoms with Gasteiger partial charge in [0.15, 0.2) is 0 Å². The monoisotopic (exact) mass is 543 g/mol. The highest BCUT2D eigenvalue weighted by Crippen LogP contribution is 2.54. The number of halogens is 3. The van der Waals surface area contributed by atoms with E-state index in [-0.39, 0.29) is 25.9 Å². The lowest BCUT2D eigenvalue weighted by Crippen LogP contribution is -2.39. The predicted molar refractivity (Wildman–Crippen MR) is 134 cm³/mol. The van der Waals surface area contributed by atoms with Gasteiger partial charge in [-0.1, -0.05) is 15.9 Å². The Morgan fingerprint density at radius 2 is 1.57 bits per heavy atom. The fourth-order valence-corrected chi connectivity index (χ4v) is 5.60. The predicted octanol–water partition coefficient (Wildman–Crippen LogP) is 5.41. The van der Waals surface area contributed by atoms with Crippen LogP contribution >= 0.6 is 15.9 Å². The van der Waals surface area contributed by atoms with Crippen LogP contribution in [-0.4, -0.2) is 57.3 Å². The van der Waals surface area contributed by atoms with E-state index in [0.29, 0.717) is 17.1 Å². The summed E-state index contributed by atoms with van der Waals surface area (Å²) in [6, 6.07) is 9.92. The molecule has 6 rings (SSSR count). The molecule has 0 radical (unpaired) electrons. The highest BCUT2D eigenvalue weighted by Gasteiger charge is 2.44. The molecule has 184 valence electrons. The van der Waals surface area contributed by atoms with E-state index < -0.39 is 5.92 Å². The second-order valence-electron chi connectivity index (χ2n) is 10.2. The van der Waals surface area contributed by atoms with Gasteiger partial charge < -0.3 is 9.80 Å². The Bertz CT molecular complexity index is 1240. The quantitative estimate of drug-likeness (QED) is 0.438. The van der Waals surface area contributed by atoms with Gasteiger partial charge in [0.2, 0.25) is 5.82 Å². The van der Waals surface area contributed by atoms with Crippen molar-refractivity contribution in [2.75, 3.05) is 36.0 Å². The Hall–Kier alpha value is -2.62. The first kappa shape index (κ1) is 22.8. The Balaban J connectivity index is 1.28. The van der Waals surface area contributed by atoms with E-state index in [0.717, 1.165) is 40.2 Å². The summed E-state index contributed by atoms with van der Waals surface area (Å²) in [4.78, 5) is 10.5. The van der Waals surface area contributed by atoms with E-state index in [4.69, 9.17) is 5.10 Å². The zero-order valence-electron chi connectivity index (χ0n) is 19.7. The molecule has 3 fully saturated rings. The normalized spacial score (nSPS) is 20.9. The van der Waals surface area contributed by atoms with Crippen molar-refractivity contribution in [2.45, 2.75) is 51.4 Å². The summed E-state index contributed by atoms with van der Waals surface area (Å²) in [6.45, 7) is 4.52. The number of anilines is 2. The SMILES string of the molecule is Cc1cc(-c2nnn(-c3ccc(Br)cc3N3CCC4(CC3)CC4)n2)cc(N2CCC(F)(F)CC2)n1. The van der Waals surface area contributed by atoms with Gasteiger partial charge in [0.1, 0.15) is 11.5 Å². The molecule has 7 nitrogen and oxygen atoms in total. The van der Waals surface area contributed by atoms with Crippen molar-refractivity contribution in [1.82, 2.24) is 25.2 Å². The molecule has 4 heterocycles. The number of hydrogen-bond acceptors (Lipinski definition) is 6. The first-order valence-corrected chi connectivity index (χ1v) is 13.1. The lowest BCUT2D eigenvalue weighted by Gasteiger charge is -2.34. The van der Waals surface area contributed by atoms with Gasteiger partial charge in [-0.15, -0.1) is 15.0 Å². The molecule has 2 aliphatic heterocycles. The highest BCUT2D eigenvalue weighted by molar-refractivity contribution is 9.10. The molecule has 1 aromatic carbocycles. The molecule has 3 aromatic rings. The van der Waals surface area contributed by atoms with Crippen molar-refractivity contribution in [3.63, 3.8) is 0 Å². The van der Waals surface area contributed by atoms with Crippen LogP contribution in [0.25, 0.3) is 17.1 Å². The number of nitrogens with zero attached hydrogens (tertiary/aromatic N) is 7. The summed E-state index contributed by atoms with van der Waals surface area (Å²) < 4.78 is 28.3. The fraction of sp³-hybridized carbons (Fsp3) is 0.520. The molecule has 35 heavy (non-hydrogen) atoms. The maximum atomic E-state index is 13.6. The molecular weight excluding hydrogens is 516 g/mol. The summed E-state index contributed by atoms with van der Waals surface area (Å²) in [5, 5.41) is 13.4. The van der Waals surface area contributed by atoms with Crippen LogP contribution < -0.4 is 9.80 Å². The lowest BCUT2D eigenvalue weighted by molar-refractivity contribution is -0.0221. The smallest absolute Gasteiger partial charge is 0.251 e. The Kier molecular flexibility index (Phi) is 5.54. The third kappa shape index (κ3) is 4.64. The van der Waals surface area contributed by atoms with Crippen LogP contribution in [0.4, 0.5) is 20.3 Å². The Labute approximate surface area is 211 Å². The van der Waals surface area contributed by atoms with Crippen molar-refractivity contribution in [3.05, 3.63) is 40.5 Å². The van der Waals surface area contributed by atoms with Crippen LogP contribution in [0.5, 0.6) is 0 Å².